The molecule has 0 spiro atoms. The van der Waals surface area contributed by atoms with Gasteiger partial charge in [-0.1, -0.05) is 109 Å². The summed E-state index contributed by atoms with van der Waals surface area (Å²) in [4.78, 5) is 5.30. The molecular formula is C43H26N2OS. The summed E-state index contributed by atoms with van der Waals surface area (Å²) in [5.41, 5.74) is 10.4. The molecule has 3 aromatic heterocycles. The predicted octanol–water partition coefficient (Wildman–Crippen LogP) is 12.3. The largest absolute Gasteiger partial charge is 0.455 e. The van der Waals surface area contributed by atoms with E-state index in [1.807, 2.05) is 11.3 Å². The summed E-state index contributed by atoms with van der Waals surface area (Å²) in [5.74, 6) is 0.895. The summed E-state index contributed by atoms with van der Waals surface area (Å²) in [6.07, 6.45) is 0. The standard InChI is InChI=1S/C43H26N2OS/c1-3-12-27(13-4-1)29-24-34(28-14-5-2-6-15-28)42-35(25-29)41-33(17-11-20-38(41)46-42)43-44-36-18-8-9-19-37(36)45(43)30-22-23-32-31-16-7-10-21-39(31)47-40(32)26-30/h1-26H. The molecule has 0 aliphatic heterocycles. The lowest BCUT2D eigenvalue weighted by atomic mass is 9.95. The van der Waals surface area contributed by atoms with Gasteiger partial charge < -0.3 is 4.42 Å². The lowest BCUT2D eigenvalue weighted by Gasteiger charge is -2.11. The van der Waals surface area contributed by atoms with Crippen molar-refractivity contribution in [2.75, 3.05) is 0 Å². The van der Waals surface area contributed by atoms with Crippen LogP contribution in [-0.2, 0) is 0 Å². The van der Waals surface area contributed by atoms with Crippen LogP contribution < -0.4 is 0 Å². The van der Waals surface area contributed by atoms with E-state index in [1.54, 1.807) is 0 Å². The summed E-state index contributed by atoms with van der Waals surface area (Å²) in [7, 11) is 0. The van der Waals surface area contributed by atoms with Gasteiger partial charge in [-0.05, 0) is 65.2 Å². The van der Waals surface area contributed by atoms with E-state index >= 15 is 0 Å². The highest BCUT2D eigenvalue weighted by molar-refractivity contribution is 7.25. The van der Waals surface area contributed by atoms with Gasteiger partial charge in [0, 0.05) is 47.8 Å². The topological polar surface area (TPSA) is 31.0 Å². The number of thiophene rings is 1. The number of aromatic nitrogens is 2. The summed E-state index contributed by atoms with van der Waals surface area (Å²) >= 11 is 1.84. The first-order valence-corrected chi connectivity index (χ1v) is 16.6. The highest BCUT2D eigenvalue weighted by Gasteiger charge is 2.22. The Bertz CT molecular complexity index is 2790. The molecule has 0 unspecified atom stereocenters. The SMILES string of the molecule is c1ccc(-c2cc(-c3ccccc3)c3oc4cccc(-c5nc6ccccc6n5-c5ccc6c(c5)sc5ccccc56)c4c3c2)cc1. The van der Waals surface area contributed by atoms with Crippen molar-refractivity contribution in [3.63, 3.8) is 0 Å². The lowest BCUT2D eigenvalue weighted by Crippen LogP contribution is -1.97. The van der Waals surface area contributed by atoms with Crippen LogP contribution in [0.15, 0.2) is 162 Å². The average Bonchev–Trinajstić information content (AvgIpc) is 3.83. The van der Waals surface area contributed by atoms with Crippen molar-refractivity contribution in [3.8, 4) is 39.3 Å². The van der Waals surface area contributed by atoms with Crippen LogP contribution in [0.5, 0.6) is 0 Å². The van der Waals surface area contributed by atoms with Gasteiger partial charge in [-0.3, -0.25) is 4.57 Å². The molecule has 0 bridgehead atoms. The molecular weight excluding hydrogens is 593 g/mol. The minimum atomic E-state index is 0.846. The zero-order valence-electron chi connectivity index (χ0n) is 25.2. The molecule has 0 saturated carbocycles. The quantitative estimate of drug-likeness (QED) is 0.196. The van der Waals surface area contributed by atoms with Crippen molar-refractivity contribution in [2.45, 2.75) is 0 Å². The number of fused-ring (bicyclic) bond motifs is 7. The van der Waals surface area contributed by atoms with Crippen LogP contribution in [0, 0.1) is 0 Å². The second-order valence-corrected chi connectivity index (χ2v) is 13.0. The monoisotopic (exact) mass is 618 g/mol. The number of furan rings is 1. The van der Waals surface area contributed by atoms with Crippen molar-refractivity contribution in [1.29, 1.82) is 0 Å². The summed E-state index contributed by atoms with van der Waals surface area (Å²) in [6, 6.07) is 55.9. The second kappa shape index (κ2) is 10.3. The van der Waals surface area contributed by atoms with E-state index in [9.17, 15) is 0 Å². The van der Waals surface area contributed by atoms with Gasteiger partial charge in [-0.25, -0.2) is 4.98 Å². The molecule has 0 atom stereocenters. The maximum atomic E-state index is 6.77. The molecule has 0 radical (unpaired) electrons. The zero-order chi connectivity index (χ0) is 30.9. The Morgan fingerprint density at radius 3 is 2.13 bits per heavy atom. The van der Waals surface area contributed by atoms with E-state index in [0.29, 0.717) is 0 Å². The van der Waals surface area contributed by atoms with Gasteiger partial charge in [0.25, 0.3) is 0 Å². The van der Waals surface area contributed by atoms with Crippen molar-refractivity contribution < 1.29 is 4.42 Å². The number of hydrogen-bond donors (Lipinski definition) is 0. The minimum absolute atomic E-state index is 0.846. The zero-order valence-corrected chi connectivity index (χ0v) is 26.0. The molecule has 47 heavy (non-hydrogen) atoms. The van der Waals surface area contributed by atoms with Gasteiger partial charge in [-0.2, -0.15) is 0 Å². The number of para-hydroxylation sites is 2. The fourth-order valence-corrected chi connectivity index (χ4v) is 8.21. The van der Waals surface area contributed by atoms with E-state index in [2.05, 4.69) is 162 Å². The Morgan fingerprint density at radius 1 is 0.511 bits per heavy atom. The van der Waals surface area contributed by atoms with Gasteiger partial charge in [0.15, 0.2) is 0 Å². The molecule has 4 heteroatoms. The Balaban J connectivity index is 1.28. The summed E-state index contributed by atoms with van der Waals surface area (Å²) in [6.45, 7) is 0. The van der Waals surface area contributed by atoms with E-state index < -0.39 is 0 Å². The Kier molecular flexibility index (Phi) is 5.74. The molecule has 0 fully saturated rings. The third-order valence-corrected chi connectivity index (χ3v) is 10.3. The number of nitrogens with zero attached hydrogens (tertiary/aromatic N) is 2. The smallest absolute Gasteiger partial charge is 0.146 e. The van der Waals surface area contributed by atoms with Gasteiger partial charge >= 0.3 is 0 Å². The molecule has 7 aromatic carbocycles. The number of rotatable bonds is 4. The third kappa shape index (κ3) is 4.09. The van der Waals surface area contributed by atoms with Gasteiger partial charge in [0.05, 0.1) is 11.0 Å². The van der Waals surface area contributed by atoms with Crippen LogP contribution >= 0.6 is 11.3 Å². The Morgan fingerprint density at radius 2 is 1.26 bits per heavy atom. The second-order valence-electron chi connectivity index (χ2n) is 12.0. The molecule has 0 aliphatic carbocycles. The van der Waals surface area contributed by atoms with Gasteiger partial charge in [-0.15, -0.1) is 11.3 Å². The number of benzene rings is 7. The lowest BCUT2D eigenvalue weighted by molar-refractivity contribution is 0.670. The van der Waals surface area contributed by atoms with Crippen LogP contribution in [0.4, 0.5) is 0 Å². The normalized spacial score (nSPS) is 11.8. The van der Waals surface area contributed by atoms with E-state index in [4.69, 9.17) is 9.40 Å². The van der Waals surface area contributed by atoms with Crippen molar-refractivity contribution >= 4 is 64.5 Å². The number of hydrogen-bond acceptors (Lipinski definition) is 3. The van der Waals surface area contributed by atoms with Crippen molar-refractivity contribution in [2.24, 2.45) is 0 Å². The minimum Gasteiger partial charge on any atom is -0.455 e. The van der Waals surface area contributed by atoms with Crippen LogP contribution in [-0.4, -0.2) is 9.55 Å². The maximum absolute atomic E-state index is 6.77. The molecule has 0 aliphatic rings. The third-order valence-electron chi connectivity index (χ3n) is 9.21. The highest BCUT2D eigenvalue weighted by Crippen LogP contribution is 2.44. The molecule has 10 aromatic rings. The Labute approximate surface area is 274 Å². The van der Waals surface area contributed by atoms with E-state index in [0.717, 1.165) is 66.7 Å². The first kappa shape index (κ1) is 26.3. The predicted molar refractivity (Wildman–Crippen MR) is 198 cm³/mol. The van der Waals surface area contributed by atoms with Gasteiger partial charge in [0.1, 0.15) is 17.0 Å². The molecule has 0 amide bonds. The molecule has 10 rings (SSSR count). The van der Waals surface area contributed by atoms with Crippen LogP contribution in [0.3, 0.4) is 0 Å². The van der Waals surface area contributed by atoms with E-state index in [1.165, 1.54) is 25.7 Å². The Hall–Kier alpha value is -5.97. The van der Waals surface area contributed by atoms with Crippen LogP contribution in [0.1, 0.15) is 0 Å². The molecule has 0 N–H and O–H groups in total. The first-order chi connectivity index (χ1) is 23.3. The fraction of sp³-hybridized carbons (Fsp3) is 0. The van der Waals surface area contributed by atoms with Crippen LogP contribution in [0.25, 0.3) is 92.5 Å². The maximum Gasteiger partial charge on any atom is 0.146 e. The van der Waals surface area contributed by atoms with Gasteiger partial charge in [0.2, 0.25) is 0 Å². The first-order valence-electron chi connectivity index (χ1n) is 15.8. The van der Waals surface area contributed by atoms with Crippen LogP contribution in [0.2, 0.25) is 0 Å². The fourth-order valence-electron chi connectivity index (χ4n) is 7.07. The molecule has 220 valence electrons. The highest BCUT2D eigenvalue weighted by atomic mass is 32.1. The molecule has 0 saturated heterocycles. The summed E-state index contributed by atoms with van der Waals surface area (Å²) < 4.78 is 11.6. The van der Waals surface area contributed by atoms with Crippen molar-refractivity contribution in [1.82, 2.24) is 9.55 Å². The molecule has 3 heterocycles. The van der Waals surface area contributed by atoms with E-state index in [-0.39, 0.29) is 0 Å². The van der Waals surface area contributed by atoms with Crippen molar-refractivity contribution in [3.05, 3.63) is 158 Å². The average molecular weight is 619 g/mol. The number of imidazole rings is 1. The molecule has 3 nitrogen and oxygen atoms in total. The summed E-state index contributed by atoms with van der Waals surface area (Å²) in [5, 5.41) is 4.73.